The van der Waals surface area contributed by atoms with Gasteiger partial charge in [0.25, 0.3) is 5.91 Å². The third-order valence-corrected chi connectivity index (χ3v) is 3.85. The third-order valence-electron chi connectivity index (χ3n) is 3.85. The first-order valence-corrected chi connectivity index (χ1v) is 7.00. The zero-order valence-corrected chi connectivity index (χ0v) is 12.0. The fraction of sp³-hybridized carbons (Fsp3) is 0.533. The van der Waals surface area contributed by atoms with Gasteiger partial charge in [0.2, 0.25) is 0 Å². The van der Waals surface area contributed by atoms with E-state index in [1.165, 1.54) is 26.0 Å². The summed E-state index contributed by atoms with van der Waals surface area (Å²) in [5, 5.41) is 16.0. The van der Waals surface area contributed by atoms with Crippen LogP contribution in [0.15, 0.2) is 18.2 Å². The molecule has 1 fully saturated rings. The highest BCUT2D eigenvalue weighted by Gasteiger charge is 2.21. The number of ether oxygens (including phenoxy) is 1. The van der Waals surface area contributed by atoms with Crippen LogP contribution in [0.2, 0.25) is 0 Å². The third kappa shape index (κ3) is 3.42. The minimum absolute atomic E-state index is 0.0238. The van der Waals surface area contributed by atoms with E-state index in [9.17, 15) is 9.90 Å². The van der Waals surface area contributed by atoms with Crippen molar-refractivity contribution >= 4 is 5.91 Å². The average molecular weight is 278 g/mol. The summed E-state index contributed by atoms with van der Waals surface area (Å²) in [6.45, 7) is 3.81. The molecule has 0 spiro atoms. The number of carbonyl (C=O) groups excluding carboxylic acids is 1. The second-order valence-corrected chi connectivity index (χ2v) is 5.28. The molecule has 1 saturated heterocycles. The van der Waals surface area contributed by atoms with Crippen LogP contribution in [-0.4, -0.2) is 37.3 Å². The largest absolute Gasteiger partial charge is 0.504 e. The Hall–Kier alpha value is -1.75. The lowest BCUT2D eigenvalue weighted by atomic mass is 9.93. The number of phenols is 1. The second kappa shape index (κ2) is 6.61. The van der Waals surface area contributed by atoms with Crippen LogP contribution in [0.1, 0.15) is 30.1 Å². The summed E-state index contributed by atoms with van der Waals surface area (Å²) in [6.07, 6.45) is 2.38. The van der Waals surface area contributed by atoms with Crippen LogP contribution in [0.25, 0.3) is 0 Å². The van der Waals surface area contributed by atoms with E-state index >= 15 is 0 Å². The number of amides is 1. The van der Waals surface area contributed by atoms with E-state index in [1.54, 1.807) is 12.1 Å². The molecule has 5 heteroatoms. The molecule has 5 nitrogen and oxygen atoms in total. The number of carbonyl (C=O) groups is 1. The van der Waals surface area contributed by atoms with Crippen LogP contribution in [0.3, 0.4) is 0 Å². The van der Waals surface area contributed by atoms with Crippen LogP contribution < -0.4 is 15.4 Å². The summed E-state index contributed by atoms with van der Waals surface area (Å²) >= 11 is 0. The summed E-state index contributed by atoms with van der Waals surface area (Å²) in [5.74, 6) is 0.726. The van der Waals surface area contributed by atoms with E-state index < -0.39 is 0 Å². The van der Waals surface area contributed by atoms with E-state index in [0.717, 1.165) is 6.54 Å². The van der Waals surface area contributed by atoms with E-state index in [2.05, 4.69) is 17.6 Å². The molecule has 110 valence electrons. The molecule has 20 heavy (non-hydrogen) atoms. The van der Waals surface area contributed by atoms with Crippen LogP contribution in [0.4, 0.5) is 0 Å². The first-order chi connectivity index (χ1) is 9.61. The number of phenolic OH excluding ortho intramolecular Hbond substituents is 1. The first-order valence-electron chi connectivity index (χ1n) is 7.00. The molecule has 0 radical (unpaired) electrons. The van der Waals surface area contributed by atoms with Gasteiger partial charge in [-0.3, -0.25) is 4.79 Å². The molecule has 2 atom stereocenters. The Morgan fingerprint density at radius 2 is 2.35 bits per heavy atom. The number of aromatic hydroxyl groups is 1. The molecule has 1 aliphatic heterocycles. The Balaban J connectivity index is 1.93. The summed E-state index contributed by atoms with van der Waals surface area (Å²) in [7, 11) is 1.48. The number of rotatable bonds is 4. The first kappa shape index (κ1) is 14.7. The van der Waals surface area contributed by atoms with Gasteiger partial charge in [-0.25, -0.2) is 0 Å². The quantitative estimate of drug-likeness (QED) is 0.781. The minimum atomic E-state index is -0.178. The molecule has 0 saturated carbocycles. The molecule has 1 amide bonds. The van der Waals surface area contributed by atoms with E-state index in [1.807, 2.05) is 0 Å². The zero-order valence-electron chi connectivity index (χ0n) is 12.0. The number of nitrogens with one attached hydrogen (secondary N) is 2. The van der Waals surface area contributed by atoms with Crippen molar-refractivity contribution in [2.45, 2.75) is 25.8 Å². The average Bonchev–Trinajstić information content (AvgIpc) is 2.46. The van der Waals surface area contributed by atoms with Crippen molar-refractivity contribution in [3.8, 4) is 11.5 Å². The van der Waals surface area contributed by atoms with Crippen molar-refractivity contribution in [3.05, 3.63) is 23.8 Å². The maximum absolute atomic E-state index is 12.1. The Morgan fingerprint density at radius 3 is 3.00 bits per heavy atom. The van der Waals surface area contributed by atoms with Crippen LogP contribution in [-0.2, 0) is 0 Å². The van der Waals surface area contributed by atoms with Crippen LogP contribution in [0, 0.1) is 5.92 Å². The van der Waals surface area contributed by atoms with E-state index in [-0.39, 0.29) is 11.7 Å². The van der Waals surface area contributed by atoms with Crippen molar-refractivity contribution in [1.29, 1.82) is 0 Å². The molecule has 0 aromatic heterocycles. The van der Waals surface area contributed by atoms with Gasteiger partial charge in [0.1, 0.15) is 0 Å². The molecule has 1 heterocycles. The number of hydrogen-bond acceptors (Lipinski definition) is 4. The SMILES string of the molecule is COc1ccc(C(=O)NCC2NCCCC2C)cc1O. The summed E-state index contributed by atoms with van der Waals surface area (Å²) < 4.78 is 4.96. The van der Waals surface area contributed by atoms with Gasteiger partial charge >= 0.3 is 0 Å². The molecule has 0 bridgehead atoms. The standard InChI is InChI=1S/C15H22N2O3/c1-10-4-3-7-16-12(10)9-17-15(19)11-5-6-14(20-2)13(18)8-11/h5-6,8,10,12,16,18H,3-4,7,9H2,1-2H3,(H,17,19). The molecule has 1 aromatic carbocycles. The molecular formula is C15H22N2O3. The fourth-order valence-corrected chi connectivity index (χ4v) is 2.52. The van der Waals surface area contributed by atoms with Gasteiger partial charge in [-0.1, -0.05) is 6.92 Å². The van der Waals surface area contributed by atoms with Crippen molar-refractivity contribution in [1.82, 2.24) is 10.6 Å². The Bertz CT molecular complexity index is 476. The van der Waals surface area contributed by atoms with Gasteiger partial charge in [0, 0.05) is 18.2 Å². The van der Waals surface area contributed by atoms with Crippen molar-refractivity contribution < 1.29 is 14.6 Å². The van der Waals surface area contributed by atoms with Gasteiger partial charge in [0.15, 0.2) is 11.5 Å². The number of hydrogen-bond donors (Lipinski definition) is 3. The molecule has 0 aliphatic carbocycles. The van der Waals surface area contributed by atoms with Crippen LogP contribution in [0.5, 0.6) is 11.5 Å². The molecule has 2 rings (SSSR count). The molecule has 1 aliphatic rings. The lowest BCUT2D eigenvalue weighted by Gasteiger charge is -2.30. The number of methoxy groups -OCH3 is 1. The van der Waals surface area contributed by atoms with Gasteiger partial charge < -0.3 is 20.5 Å². The van der Waals surface area contributed by atoms with Crippen molar-refractivity contribution in [2.24, 2.45) is 5.92 Å². The Morgan fingerprint density at radius 1 is 1.55 bits per heavy atom. The fourth-order valence-electron chi connectivity index (χ4n) is 2.52. The zero-order chi connectivity index (χ0) is 14.5. The Kier molecular flexibility index (Phi) is 4.84. The van der Waals surface area contributed by atoms with Crippen molar-refractivity contribution in [2.75, 3.05) is 20.2 Å². The summed E-state index contributed by atoms with van der Waals surface area (Å²) in [5.41, 5.74) is 0.437. The van der Waals surface area contributed by atoms with Crippen molar-refractivity contribution in [3.63, 3.8) is 0 Å². The van der Waals surface area contributed by atoms with Crippen LogP contribution >= 0.6 is 0 Å². The number of benzene rings is 1. The van der Waals surface area contributed by atoms with E-state index in [4.69, 9.17) is 4.74 Å². The van der Waals surface area contributed by atoms with Gasteiger partial charge in [-0.15, -0.1) is 0 Å². The maximum atomic E-state index is 12.1. The summed E-state index contributed by atoms with van der Waals surface area (Å²) in [6, 6.07) is 4.98. The van der Waals surface area contributed by atoms with E-state index in [0.29, 0.717) is 29.8 Å². The number of piperidine rings is 1. The lowest BCUT2D eigenvalue weighted by molar-refractivity contribution is 0.0943. The molecular weight excluding hydrogens is 256 g/mol. The minimum Gasteiger partial charge on any atom is -0.504 e. The highest BCUT2D eigenvalue weighted by atomic mass is 16.5. The predicted molar refractivity (Wildman–Crippen MR) is 77.2 cm³/mol. The monoisotopic (exact) mass is 278 g/mol. The second-order valence-electron chi connectivity index (χ2n) is 5.28. The maximum Gasteiger partial charge on any atom is 0.251 e. The molecule has 3 N–H and O–H groups in total. The summed E-state index contributed by atoms with van der Waals surface area (Å²) in [4.78, 5) is 12.1. The smallest absolute Gasteiger partial charge is 0.251 e. The molecule has 2 unspecified atom stereocenters. The Labute approximate surface area is 119 Å². The van der Waals surface area contributed by atoms with Gasteiger partial charge in [-0.2, -0.15) is 0 Å². The highest BCUT2D eigenvalue weighted by molar-refractivity contribution is 5.94. The van der Waals surface area contributed by atoms with Gasteiger partial charge in [0.05, 0.1) is 7.11 Å². The topological polar surface area (TPSA) is 70.6 Å². The predicted octanol–water partition coefficient (Wildman–Crippen LogP) is 1.52. The molecule has 1 aromatic rings. The van der Waals surface area contributed by atoms with Gasteiger partial charge in [-0.05, 0) is 43.5 Å². The normalized spacial score (nSPS) is 22.3. The highest BCUT2D eigenvalue weighted by Crippen LogP contribution is 2.26. The lowest BCUT2D eigenvalue weighted by Crippen LogP contribution is -2.47.